The summed E-state index contributed by atoms with van der Waals surface area (Å²) in [6.45, 7) is 1.56. The van der Waals surface area contributed by atoms with Gasteiger partial charge in [-0.2, -0.15) is 13.2 Å². The summed E-state index contributed by atoms with van der Waals surface area (Å²) in [4.78, 5) is 24.7. The van der Waals surface area contributed by atoms with E-state index in [1.807, 2.05) is 55.6 Å². The van der Waals surface area contributed by atoms with E-state index in [1.54, 1.807) is 12.1 Å². The van der Waals surface area contributed by atoms with Gasteiger partial charge in [-0.15, -0.1) is 0 Å². The summed E-state index contributed by atoms with van der Waals surface area (Å²) in [5.41, 5.74) is 3.23. The maximum absolute atomic E-state index is 12.9. The maximum Gasteiger partial charge on any atom is 0.453 e. The van der Waals surface area contributed by atoms with Crippen molar-refractivity contribution in [3.63, 3.8) is 0 Å². The molecule has 0 heterocycles. The van der Waals surface area contributed by atoms with Crippen molar-refractivity contribution in [1.82, 2.24) is 4.90 Å². The molecule has 0 saturated carbocycles. The van der Waals surface area contributed by atoms with Gasteiger partial charge >= 0.3 is 12.1 Å². The number of likely N-dealkylation sites (N-methyl/N-ethyl adjacent to an activating group) is 1. The summed E-state index contributed by atoms with van der Waals surface area (Å²) in [5.74, 6) is -3.22. The molecule has 0 aliphatic rings. The lowest BCUT2D eigenvalue weighted by Crippen LogP contribution is -2.38. The van der Waals surface area contributed by atoms with Crippen LogP contribution in [-0.2, 0) is 16.0 Å². The minimum atomic E-state index is -5.12. The van der Waals surface area contributed by atoms with Gasteiger partial charge in [0.2, 0.25) is 0 Å². The van der Waals surface area contributed by atoms with Crippen LogP contribution in [0, 0.1) is 0 Å². The second kappa shape index (κ2) is 14.5. The summed E-state index contributed by atoms with van der Waals surface area (Å²) in [6.07, 6.45) is -6.66. The molecule has 0 bridgehead atoms. The highest BCUT2D eigenvalue weighted by atomic mass is 35.5. The maximum atomic E-state index is 12.9. The fourth-order valence-corrected chi connectivity index (χ4v) is 4.58. The normalized spacial score (nSPS) is 12.5. The van der Waals surface area contributed by atoms with Crippen LogP contribution in [0.3, 0.4) is 0 Å². The number of benzene rings is 3. The largest absolute Gasteiger partial charge is 0.482 e. The molecule has 5 nitrogen and oxygen atoms in total. The van der Waals surface area contributed by atoms with Gasteiger partial charge in [0.15, 0.2) is 6.10 Å². The van der Waals surface area contributed by atoms with Crippen molar-refractivity contribution in [2.24, 2.45) is 0 Å². The molecule has 0 radical (unpaired) electrons. The number of hydrogen-bond acceptors (Lipinski definition) is 4. The molecule has 0 amide bonds. The van der Waals surface area contributed by atoms with Crippen molar-refractivity contribution in [1.29, 1.82) is 0 Å². The van der Waals surface area contributed by atoms with E-state index in [4.69, 9.17) is 33.0 Å². The summed E-state index contributed by atoms with van der Waals surface area (Å²) in [7, 11) is 2.05. The van der Waals surface area contributed by atoms with Crippen LogP contribution in [0.2, 0.25) is 10.0 Å². The fraction of sp³-hybridized carbons (Fsp3) is 0.333. The van der Waals surface area contributed by atoms with Gasteiger partial charge in [-0.05, 0) is 79.5 Å². The van der Waals surface area contributed by atoms with E-state index >= 15 is 0 Å². The minimum Gasteiger partial charge on any atom is -0.482 e. The highest BCUT2D eigenvalue weighted by Crippen LogP contribution is 2.28. The standard InChI is InChI=1S/C30H30Cl2F3NO4/c1-36(19-26(21-6-10-23(31)11-7-21)22-8-12-24(32)13-9-22)18-2-3-20-4-14-25(15-5-20)40-27(16-17-28(37)38)29(39)30(33,34)35/h4-15,26-27H,2-3,16-19H2,1H3,(H,37,38). The number of nitrogens with zero attached hydrogens (tertiary/aromatic N) is 1. The number of alkyl halides is 3. The molecule has 3 rings (SSSR count). The SMILES string of the molecule is CN(CCCc1ccc(OC(CCC(=O)O)C(=O)C(F)(F)F)cc1)CC(c1ccc(Cl)cc1)c1ccc(Cl)cc1. The van der Waals surface area contributed by atoms with Gasteiger partial charge in [-0.25, -0.2) is 0 Å². The summed E-state index contributed by atoms with van der Waals surface area (Å²) < 4.78 is 44.0. The molecule has 0 aliphatic carbocycles. The number of ketones is 1. The molecule has 3 aromatic carbocycles. The molecule has 0 aromatic heterocycles. The van der Waals surface area contributed by atoms with Gasteiger partial charge < -0.3 is 14.7 Å². The van der Waals surface area contributed by atoms with Gasteiger partial charge in [-0.3, -0.25) is 9.59 Å². The number of carboxylic acid groups (broad SMARTS) is 1. The molecular formula is C30H30Cl2F3NO4. The number of Topliss-reactive ketones (excluding diaryl/α,β-unsaturated/α-hetero) is 1. The number of carbonyl (C=O) groups is 2. The topological polar surface area (TPSA) is 66.8 Å². The molecule has 0 fully saturated rings. The first-order valence-corrected chi connectivity index (χ1v) is 13.5. The molecule has 1 N–H and O–H groups in total. The van der Waals surface area contributed by atoms with Crippen LogP contribution in [0.4, 0.5) is 13.2 Å². The highest BCUT2D eigenvalue weighted by molar-refractivity contribution is 6.30. The zero-order chi connectivity index (χ0) is 29.3. The number of ether oxygens (including phenoxy) is 1. The first-order valence-electron chi connectivity index (χ1n) is 12.7. The molecular weight excluding hydrogens is 566 g/mol. The van der Waals surface area contributed by atoms with Crippen molar-refractivity contribution in [2.45, 2.75) is 43.9 Å². The Morgan fingerprint density at radius 2 is 1.43 bits per heavy atom. The van der Waals surface area contributed by atoms with E-state index in [1.165, 1.54) is 12.1 Å². The number of rotatable bonds is 14. The Kier molecular flexibility index (Phi) is 11.4. The number of hydrogen-bond donors (Lipinski definition) is 1. The lowest BCUT2D eigenvalue weighted by Gasteiger charge is -2.25. The predicted octanol–water partition coefficient (Wildman–Crippen LogP) is 7.43. The van der Waals surface area contributed by atoms with Gasteiger partial charge in [0.25, 0.3) is 5.78 Å². The van der Waals surface area contributed by atoms with Crippen LogP contribution in [0.25, 0.3) is 0 Å². The Bertz CT molecular complexity index is 1200. The van der Waals surface area contributed by atoms with Crippen molar-refractivity contribution >= 4 is 35.0 Å². The van der Waals surface area contributed by atoms with Crippen LogP contribution in [0.1, 0.15) is 41.9 Å². The lowest BCUT2D eigenvalue weighted by atomic mass is 9.91. The first-order chi connectivity index (χ1) is 18.9. The third-order valence-corrected chi connectivity index (χ3v) is 6.94. The first kappa shape index (κ1) is 31.5. The fourth-order valence-electron chi connectivity index (χ4n) is 4.33. The zero-order valence-electron chi connectivity index (χ0n) is 21.8. The summed E-state index contributed by atoms with van der Waals surface area (Å²) in [6, 6.07) is 22.0. The number of halogens is 5. The Morgan fingerprint density at radius 1 is 0.900 bits per heavy atom. The second-order valence-corrected chi connectivity index (χ2v) is 10.4. The predicted molar refractivity (Wildman–Crippen MR) is 149 cm³/mol. The summed E-state index contributed by atoms with van der Waals surface area (Å²) in [5, 5.41) is 10.1. The summed E-state index contributed by atoms with van der Waals surface area (Å²) >= 11 is 12.2. The third-order valence-electron chi connectivity index (χ3n) is 6.44. The molecule has 0 spiro atoms. The molecule has 0 aliphatic heterocycles. The quantitative estimate of drug-likeness (QED) is 0.210. The van der Waals surface area contributed by atoms with Crippen molar-refractivity contribution < 1.29 is 32.6 Å². The minimum absolute atomic E-state index is 0.0719. The van der Waals surface area contributed by atoms with Crippen LogP contribution < -0.4 is 4.74 Å². The average Bonchev–Trinajstić information content (AvgIpc) is 2.90. The van der Waals surface area contributed by atoms with Crippen molar-refractivity contribution in [2.75, 3.05) is 20.1 Å². The van der Waals surface area contributed by atoms with E-state index in [2.05, 4.69) is 4.90 Å². The van der Waals surface area contributed by atoms with Gasteiger partial charge in [-0.1, -0.05) is 59.6 Å². The monoisotopic (exact) mass is 595 g/mol. The molecule has 40 heavy (non-hydrogen) atoms. The molecule has 1 atom stereocenters. The van der Waals surface area contributed by atoms with Crippen molar-refractivity contribution in [3.05, 3.63) is 99.5 Å². The van der Waals surface area contributed by atoms with Gasteiger partial charge in [0.05, 0.1) is 0 Å². The lowest BCUT2D eigenvalue weighted by molar-refractivity contribution is -0.178. The van der Waals surface area contributed by atoms with E-state index in [0.29, 0.717) is 10.0 Å². The average molecular weight is 596 g/mol. The number of carboxylic acids is 1. The van der Waals surface area contributed by atoms with Crippen LogP contribution in [0.15, 0.2) is 72.8 Å². The van der Waals surface area contributed by atoms with E-state index in [9.17, 15) is 22.8 Å². The van der Waals surface area contributed by atoms with Crippen LogP contribution in [0.5, 0.6) is 5.75 Å². The van der Waals surface area contributed by atoms with Gasteiger partial charge in [0.1, 0.15) is 5.75 Å². The van der Waals surface area contributed by atoms with Crippen LogP contribution >= 0.6 is 23.2 Å². The van der Waals surface area contributed by atoms with Gasteiger partial charge in [0, 0.05) is 35.3 Å². The smallest absolute Gasteiger partial charge is 0.453 e. The van der Waals surface area contributed by atoms with Crippen LogP contribution in [-0.4, -0.2) is 54.2 Å². The van der Waals surface area contributed by atoms with E-state index in [0.717, 1.165) is 42.6 Å². The van der Waals surface area contributed by atoms with E-state index in [-0.39, 0.29) is 11.7 Å². The molecule has 10 heteroatoms. The Balaban J connectivity index is 1.57. The zero-order valence-corrected chi connectivity index (χ0v) is 23.3. The molecule has 214 valence electrons. The molecule has 3 aromatic rings. The Morgan fingerprint density at radius 3 is 1.90 bits per heavy atom. The highest BCUT2D eigenvalue weighted by Gasteiger charge is 2.44. The van der Waals surface area contributed by atoms with Crippen molar-refractivity contribution in [3.8, 4) is 5.75 Å². The Labute approximate surface area is 241 Å². The second-order valence-electron chi connectivity index (χ2n) is 9.57. The number of carbonyl (C=O) groups excluding carboxylic acids is 1. The third kappa shape index (κ3) is 9.84. The Hall–Kier alpha value is -3.07. The number of aliphatic carboxylic acids is 1. The number of aryl methyl sites for hydroxylation is 1. The van der Waals surface area contributed by atoms with E-state index < -0.39 is 36.9 Å². The molecule has 0 saturated heterocycles. The molecule has 1 unspecified atom stereocenters.